The molecular formula is C9H15NO2. The van der Waals surface area contributed by atoms with Gasteiger partial charge >= 0.3 is 5.97 Å². The molecule has 3 heteroatoms. The first-order valence-corrected chi connectivity index (χ1v) is 4.32. The summed E-state index contributed by atoms with van der Waals surface area (Å²) in [5, 5.41) is 8.60. The van der Waals surface area contributed by atoms with Crippen LogP contribution in [0.15, 0.2) is 0 Å². The lowest BCUT2D eigenvalue weighted by Gasteiger charge is -2.06. The van der Waals surface area contributed by atoms with Crippen LogP contribution in [0, 0.1) is 17.2 Å². The van der Waals surface area contributed by atoms with E-state index in [9.17, 15) is 4.79 Å². The number of unbranched alkanes of at least 4 members (excludes halogenated alkanes) is 1. The maximum Gasteiger partial charge on any atom is 0.323 e. The maximum absolute atomic E-state index is 11.0. The Kier molecular flexibility index (Phi) is 6.08. The fourth-order valence-corrected chi connectivity index (χ4v) is 0.886. The van der Waals surface area contributed by atoms with Crippen LogP contribution in [0.4, 0.5) is 0 Å². The molecule has 0 N–H and O–H groups in total. The van der Waals surface area contributed by atoms with E-state index in [-0.39, 0.29) is 5.97 Å². The van der Waals surface area contributed by atoms with Crippen LogP contribution in [-0.4, -0.2) is 12.6 Å². The summed E-state index contributed by atoms with van der Waals surface area (Å²) in [5.41, 5.74) is 0. The number of nitrogens with zero attached hydrogens (tertiary/aromatic N) is 1. The van der Waals surface area contributed by atoms with Crippen molar-refractivity contribution in [2.75, 3.05) is 6.61 Å². The van der Waals surface area contributed by atoms with Crippen LogP contribution in [0.5, 0.6) is 0 Å². The van der Waals surface area contributed by atoms with Crippen molar-refractivity contribution >= 4 is 5.97 Å². The molecule has 0 aromatic heterocycles. The number of esters is 1. The second-order valence-electron chi connectivity index (χ2n) is 2.58. The third-order valence-corrected chi connectivity index (χ3v) is 1.57. The first kappa shape index (κ1) is 11.0. The lowest BCUT2D eigenvalue weighted by Crippen LogP contribution is -2.15. The maximum atomic E-state index is 11.0. The molecular weight excluding hydrogens is 154 g/mol. The van der Waals surface area contributed by atoms with Crippen LogP contribution in [0.2, 0.25) is 0 Å². The highest BCUT2D eigenvalue weighted by Crippen LogP contribution is 2.09. The molecule has 0 bridgehead atoms. The lowest BCUT2D eigenvalue weighted by atomic mass is 10.0. The Morgan fingerprint density at radius 2 is 2.25 bits per heavy atom. The molecule has 12 heavy (non-hydrogen) atoms. The fourth-order valence-electron chi connectivity index (χ4n) is 0.886. The van der Waals surface area contributed by atoms with Gasteiger partial charge in [-0.3, -0.25) is 4.79 Å². The van der Waals surface area contributed by atoms with Crippen LogP contribution in [0.3, 0.4) is 0 Å². The molecule has 0 aliphatic carbocycles. The summed E-state index contributed by atoms with van der Waals surface area (Å²) in [7, 11) is 0. The summed E-state index contributed by atoms with van der Waals surface area (Å²) in [5.74, 6) is -0.946. The van der Waals surface area contributed by atoms with Gasteiger partial charge in [0.15, 0.2) is 0 Å². The molecule has 0 aliphatic heterocycles. The van der Waals surface area contributed by atoms with E-state index in [0.717, 1.165) is 12.8 Å². The number of carbonyl (C=O) groups excluding carboxylic acids is 1. The first-order valence-electron chi connectivity index (χ1n) is 4.32. The van der Waals surface area contributed by atoms with Crippen LogP contribution in [0.1, 0.15) is 33.1 Å². The second kappa shape index (κ2) is 6.66. The summed E-state index contributed by atoms with van der Waals surface area (Å²) < 4.78 is 4.73. The van der Waals surface area contributed by atoms with Crippen molar-refractivity contribution in [2.24, 2.45) is 5.92 Å². The van der Waals surface area contributed by atoms with Gasteiger partial charge < -0.3 is 4.74 Å². The van der Waals surface area contributed by atoms with Crippen molar-refractivity contribution in [2.45, 2.75) is 33.1 Å². The summed E-state index contributed by atoms with van der Waals surface area (Å²) in [4.78, 5) is 11.0. The number of hydrogen-bond donors (Lipinski definition) is 0. The molecule has 0 aliphatic rings. The molecule has 0 saturated heterocycles. The van der Waals surface area contributed by atoms with Gasteiger partial charge in [-0.25, -0.2) is 0 Å². The van der Waals surface area contributed by atoms with Gasteiger partial charge in [-0.1, -0.05) is 19.8 Å². The average Bonchev–Trinajstić information content (AvgIpc) is 2.06. The van der Waals surface area contributed by atoms with E-state index in [1.807, 2.05) is 13.0 Å². The minimum atomic E-state index is -0.565. The molecule has 68 valence electrons. The Bertz CT molecular complexity index is 172. The van der Waals surface area contributed by atoms with Gasteiger partial charge in [0, 0.05) is 0 Å². The smallest absolute Gasteiger partial charge is 0.323 e. The van der Waals surface area contributed by atoms with Crippen molar-refractivity contribution in [3.63, 3.8) is 0 Å². The summed E-state index contributed by atoms with van der Waals surface area (Å²) in [6, 6.07) is 1.95. The number of hydrogen-bond acceptors (Lipinski definition) is 3. The SMILES string of the molecule is CCCC[C@H](C#N)C(=O)OCC. The molecule has 0 rings (SSSR count). The molecule has 0 radical (unpaired) electrons. The van der Waals surface area contributed by atoms with Crippen molar-refractivity contribution in [1.29, 1.82) is 5.26 Å². The van der Waals surface area contributed by atoms with Crippen molar-refractivity contribution in [1.82, 2.24) is 0 Å². The Hall–Kier alpha value is -1.04. The zero-order valence-corrected chi connectivity index (χ0v) is 7.67. The summed E-state index contributed by atoms with van der Waals surface area (Å²) in [6.45, 7) is 4.12. The predicted octanol–water partition coefficient (Wildman–Crippen LogP) is 1.88. The molecule has 0 fully saturated rings. The highest BCUT2D eigenvalue weighted by Gasteiger charge is 2.17. The Balaban J connectivity index is 3.81. The predicted molar refractivity (Wildman–Crippen MR) is 45.3 cm³/mol. The number of ether oxygens (including phenoxy) is 1. The number of carbonyl (C=O) groups is 1. The topological polar surface area (TPSA) is 50.1 Å². The van der Waals surface area contributed by atoms with E-state index in [0.29, 0.717) is 13.0 Å². The third kappa shape index (κ3) is 3.97. The second-order valence-corrected chi connectivity index (χ2v) is 2.58. The normalized spacial score (nSPS) is 11.8. The summed E-state index contributed by atoms with van der Waals surface area (Å²) in [6.07, 6.45) is 2.51. The van der Waals surface area contributed by atoms with Gasteiger partial charge in [0.25, 0.3) is 0 Å². The average molecular weight is 169 g/mol. The standard InChI is InChI=1S/C9H15NO2/c1-3-5-6-8(7-10)9(11)12-4-2/h8H,3-6H2,1-2H3/t8-/m1/s1. The van der Waals surface area contributed by atoms with Crippen LogP contribution < -0.4 is 0 Å². The van der Waals surface area contributed by atoms with Gasteiger partial charge in [-0.2, -0.15) is 5.26 Å². The Morgan fingerprint density at radius 3 is 2.67 bits per heavy atom. The minimum absolute atomic E-state index is 0.350. The van der Waals surface area contributed by atoms with E-state index < -0.39 is 5.92 Å². The zero-order valence-electron chi connectivity index (χ0n) is 7.67. The lowest BCUT2D eigenvalue weighted by molar-refractivity contribution is -0.146. The minimum Gasteiger partial charge on any atom is -0.465 e. The van der Waals surface area contributed by atoms with E-state index in [2.05, 4.69) is 0 Å². The van der Waals surface area contributed by atoms with E-state index in [1.54, 1.807) is 6.92 Å². The number of rotatable bonds is 5. The van der Waals surface area contributed by atoms with Gasteiger partial charge in [0.2, 0.25) is 0 Å². The van der Waals surface area contributed by atoms with Crippen molar-refractivity contribution in [3.8, 4) is 6.07 Å². The molecule has 3 nitrogen and oxygen atoms in total. The molecule has 0 heterocycles. The first-order chi connectivity index (χ1) is 5.76. The highest BCUT2D eigenvalue weighted by atomic mass is 16.5. The van der Waals surface area contributed by atoms with Crippen LogP contribution in [0.25, 0.3) is 0 Å². The van der Waals surface area contributed by atoms with Gasteiger partial charge in [0.05, 0.1) is 12.7 Å². The van der Waals surface area contributed by atoms with Gasteiger partial charge in [-0.15, -0.1) is 0 Å². The molecule has 1 atom stereocenters. The molecule has 0 aromatic carbocycles. The molecule has 0 saturated carbocycles. The van der Waals surface area contributed by atoms with Crippen LogP contribution >= 0.6 is 0 Å². The van der Waals surface area contributed by atoms with Gasteiger partial charge in [-0.05, 0) is 13.3 Å². The molecule has 0 amide bonds. The molecule has 0 spiro atoms. The van der Waals surface area contributed by atoms with E-state index in [1.165, 1.54) is 0 Å². The molecule has 0 unspecified atom stereocenters. The highest BCUT2D eigenvalue weighted by molar-refractivity contribution is 5.75. The fraction of sp³-hybridized carbons (Fsp3) is 0.778. The summed E-state index contributed by atoms with van der Waals surface area (Å²) >= 11 is 0. The largest absolute Gasteiger partial charge is 0.465 e. The zero-order chi connectivity index (χ0) is 9.40. The monoisotopic (exact) mass is 169 g/mol. The quantitative estimate of drug-likeness (QED) is 0.590. The number of nitriles is 1. The molecule has 0 aromatic rings. The van der Waals surface area contributed by atoms with Crippen molar-refractivity contribution in [3.05, 3.63) is 0 Å². The third-order valence-electron chi connectivity index (χ3n) is 1.57. The van der Waals surface area contributed by atoms with Gasteiger partial charge in [0.1, 0.15) is 5.92 Å². The Morgan fingerprint density at radius 1 is 1.58 bits per heavy atom. The van der Waals surface area contributed by atoms with Crippen LogP contribution in [-0.2, 0) is 9.53 Å². The van der Waals surface area contributed by atoms with E-state index in [4.69, 9.17) is 10.00 Å². The van der Waals surface area contributed by atoms with E-state index >= 15 is 0 Å². The Labute approximate surface area is 73.3 Å². The van der Waals surface area contributed by atoms with Crippen molar-refractivity contribution < 1.29 is 9.53 Å².